The first-order valence-corrected chi connectivity index (χ1v) is 24.6. The van der Waals surface area contributed by atoms with Crippen LogP contribution in [0.2, 0.25) is 0 Å². The molecule has 0 aliphatic carbocycles. The molecule has 6 atom stereocenters. The molecule has 0 aromatic heterocycles. The monoisotopic (exact) mass is 837 g/mol. The number of rotatable bonds is 42. The van der Waals surface area contributed by atoms with Gasteiger partial charge in [0.2, 0.25) is 0 Å². The van der Waals surface area contributed by atoms with Crippen LogP contribution >= 0.6 is 0 Å². The van der Waals surface area contributed by atoms with Crippen LogP contribution in [-0.4, -0.2) is 89.6 Å². The molecule has 1 rings (SSSR count). The maximum Gasteiger partial charge on any atom is 0.306 e. The molecule has 0 amide bonds. The van der Waals surface area contributed by atoms with E-state index in [2.05, 4.69) is 50.3 Å². The van der Waals surface area contributed by atoms with Crippen molar-refractivity contribution >= 4 is 5.97 Å². The lowest BCUT2D eigenvalue weighted by Crippen LogP contribution is -2.59. The molecule has 1 aliphatic rings. The number of aliphatic hydroxyl groups is 4. The normalized spacial score (nSPS) is 20.4. The number of hydrogen-bond acceptors (Lipinski definition) is 9. The van der Waals surface area contributed by atoms with Crippen molar-refractivity contribution in [3.8, 4) is 0 Å². The summed E-state index contributed by atoms with van der Waals surface area (Å²) in [6.07, 6.45) is 43.1. The number of esters is 1. The van der Waals surface area contributed by atoms with Crippen LogP contribution in [0.25, 0.3) is 0 Å². The summed E-state index contributed by atoms with van der Waals surface area (Å²) in [6.45, 7) is 4.55. The number of ether oxygens (including phenoxy) is 4. The number of carbonyl (C=O) groups excluding carboxylic acids is 1. The molecule has 6 unspecified atom stereocenters. The van der Waals surface area contributed by atoms with Crippen molar-refractivity contribution in [3.63, 3.8) is 0 Å². The molecule has 0 bridgehead atoms. The van der Waals surface area contributed by atoms with E-state index < -0.39 is 43.4 Å². The van der Waals surface area contributed by atoms with Gasteiger partial charge in [-0.3, -0.25) is 4.79 Å². The summed E-state index contributed by atoms with van der Waals surface area (Å²) in [4.78, 5) is 12.8. The molecular formula is C50H92O9. The van der Waals surface area contributed by atoms with E-state index in [4.69, 9.17) is 18.9 Å². The van der Waals surface area contributed by atoms with Gasteiger partial charge in [0, 0.05) is 13.0 Å². The number of hydrogen-bond donors (Lipinski definition) is 4. The molecule has 59 heavy (non-hydrogen) atoms. The third-order valence-corrected chi connectivity index (χ3v) is 11.3. The molecule has 0 aromatic carbocycles. The van der Waals surface area contributed by atoms with Gasteiger partial charge in [-0.25, -0.2) is 0 Å². The van der Waals surface area contributed by atoms with Gasteiger partial charge in [-0.15, -0.1) is 0 Å². The second-order valence-electron chi connectivity index (χ2n) is 16.9. The molecule has 9 heteroatoms. The Hall–Kier alpha value is -1.59. The smallest absolute Gasteiger partial charge is 0.306 e. The zero-order valence-electron chi connectivity index (χ0n) is 38.0. The number of carbonyl (C=O) groups is 1. The lowest BCUT2D eigenvalue weighted by atomic mass is 9.99. The van der Waals surface area contributed by atoms with Crippen LogP contribution in [0.1, 0.15) is 213 Å². The Balaban J connectivity index is 2.22. The lowest BCUT2D eigenvalue weighted by molar-refractivity contribution is -0.305. The Labute approximate surface area is 361 Å². The predicted octanol–water partition coefficient (Wildman–Crippen LogP) is 11.5. The highest BCUT2D eigenvalue weighted by Crippen LogP contribution is 2.23. The van der Waals surface area contributed by atoms with Gasteiger partial charge in [-0.1, -0.05) is 192 Å². The lowest BCUT2D eigenvalue weighted by Gasteiger charge is -2.39. The van der Waals surface area contributed by atoms with Crippen molar-refractivity contribution < 1.29 is 44.2 Å². The summed E-state index contributed by atoms with van der Waals surface area (Å²) < 4.78 is 22.9. The highest BCUT2D eigenvalue weighted by Gasteiger charge is 2.44. The Kier molecular flexibility index (Phi) is 39.2. The first kappa shape index (κ1) is 55.4. The molecule has 0 saturated carbocycles. The minimum absolute atomic E-state index is 0.115. The van der Waals surface area contributed by atoms with Gasteiger partial charge in [0.1, 0.15) is 30.5 Å². The summed E-state index contributed by atoms with van der Waals surface area (Å²) in [5.74, 6) is -0.315. The number of allylic oxidation sites excluding steroid dienone is 6. The van der Waals surface area contributed by atoms with Crippen LogP contribution < -0.4 is 0 Å². The maximum absolute atomic E-state index is 12.8. The average molecular weight is 837 g/mol. The third kappa shape index (κ3) is 32.7. The highest BCUT2D eigenvalue weighted by molar-refractivity contribution is 5.69. The predicted molar refractivity (Wildman–Crippen MR) is 242 cm³/mol. The fraction of sp³-hybridized carbons (Fsp3) is 0.860. The van der Waals surface area contributed by atoms with Crippen molar-refractivity contribution in [3.05, 3.63) is 36.5 Å². The SMILES string of the molecule is CCCCCCC/C=C\C/C=C\C/C=C\CCCCCCCCCOCC(COC1OC(CO)C(O)C(O)C1O)OC(=O)CCCCCCCCCCCCCCCC. The Morgan fingerprint density at radius 2 is 0.983 bits per heavy atom. The van der Waals surface area contributed by atoms with Crippen LogP contribution in [0.5, 0.6) is 0 Å². The quantitative estimate of drug-likeness (QED) is 0.0269. The molecule has 1 saturated heterocycles. The number of aliphatic hydroxyl groups excluding tert-OH is 4. The fourth-order valence-corrected chi connectivity index (χ4v) is 7.44. The van der Waals surface area contributed by atoms with Gasteiger partial charge in [0.15, 0.2) is 6.29 Å². The van der Waals surface area contributed by atoms with Gasteiger partial charge in [0.25, 0.3) is 0 Å². The van der Waals surface area contributed by atoms with E-state index in [9.17, 15) is 25.2 Å². The summed E-state index contributed by atoms with van der Waals surface area (Å²) in [6, 6.07) is 0. The highest BCUT2D eigenvalue weighted by atomic mass is 16.7. The van der Waals surface area contributed by atoms with Crippen LogP contribution in [0.4, 0.5) is 0 Å². The largest absolute Gasteiger partial charge is 0.457 e. The Morgan fingerprint density at radius 3 is 1.47 bits per heavy atom. The van der Waals surface area contributed by atoms with Gasteiger partial charge < -0.3 is 39.4 Å². The van der Waals surface area contributed by atoms with E-state index in [1.807, 2.05) is 0 Å². The number of unbranched alkanes of at least 4 members (excludes halogenated alkanes) is 25. The van der Waals surface area contributed by atoms with Crippen molar-refractivity contribution in [1.82, 2.24) is 0 Å². The fourth-order valence-electron chi connectivity index (χ4n) is 7.44. The van der Waals surface area contributed by atoms with Crippen LogP contribution in [0.15, 0.2) is 36.5 Å². The minimum Gasteiger partial charge on any atom is -0.457 e. The molecule has 1 aliphatic heterocycles. The molecule has 346 valence electrons. The first-order valence-electron chi connectivity index (χ1n) is 24.6. The summed E-state index contributed by atoms with van der Waals surface area (Å²) in [5.41, 5.74) is 0. The molecule has 0 radical (unpaired) electrons. The van der Waals surface area contributed by atoms with E-state index in [-0.39, 0.29) is 19.2 Å². The minimum atomic E-state index is -1.54. The van der Waals surface area contributed by atoms with Crippen molar-refractivity contribution in [1.29, 1.82) is 0 Å². The van der Waals surface area contributed by atoms with E-state index in [0.717, 1.165) is 57.8 Å². The van der Waals surface area contributed by atoms with Crippen LogP contribution in [-0.2, 0) is 23.7 Å². The van der Waals surface area contributed by atoms with E-state index in [1.54, 1.807) is 0 Å². The molecule has 9 nitrogen and oxygen atoms in total. The summed E-state index contributed by atoms with van der Waals surface area (Å²) in [5, 5.41) is 40.2. The molecule has 0 spiro atoms. The molecule has 1 heterocycles. The second-order valence-corrected chi connectivity index (χ2v) is 16.9. The van der Waals surface area contributed by atoms with Crippen molar-refractivity contribution in [2.75, 3.05) is 26.4 Å². The van der Waals surface area contributed by atoms with Gasteiger partial charge in [0.05, 0.1) is 19.8 Å². The first-order chi connectivity index (χ1) is 28.9. The van der Waals surface area contributed by atoms with Crippen molar-refractivity contribution in [2.24, 2.45) is 0 Å². The van der Waals surface area contributed by atoms with Crippen LogP contribution in [0.3, 0.4) is 0 Å². The maximum atomic E-state index is 12.8. The molecule has 1 fully saturated rings. The van der Waals surface area contributed by atoms with E-state index >= 15 is 0 Å². The molecule has 0 aromatic rings. The van der Waals surface area contributed by atoms with E-state index in [1.165, 1.54) is 135 Å². The molecular weight excluding hydrogens is 745 g/mol. The summed E-state index contributed by atoms with van der Waals surface area (Å²) >= 11 is 0. The Bertz CT molecular complexity index is 999. The topological polar surface area (TPSA) is 135 Å². The zero-order chi connectivity index (χ0) is 42.9. The average Bonchev–Trinajstić information content (AvgIpc) is 3.24. The third-order valence-electron chi connectivity index (χ3n) is 11.3. The van der Waals surface area contributed by atoms with Gasteiger partial charge in [-0.05, 0) is 51.4 Å². The second kappa shape index (κ2) is 41.7. The van der Waals surface area contributed by atoms with Crippen molar-refractivity contribution in [2.45, 2.75) is 250 Å². The standard InChI is InChI=1S/C50H92O9/c1-3-5-7-9-11-13-15-17-19-20-21-22-23-24-25-26-28-30-32-34-36-38-40-56-42-44(43-57-50-49(55)48(54)47(53)45(41-51)59-50)58-46(52)39-37-35-33-31-29-27-18-16-14-12-10-8-6-4-2/h15,17,20-21,23-24,44-45,47-51,53-55H,3-14,16,18-19,22,25-43H2,1-2H3/b17-15-,21-20-,24-23-. The van der Waals surface area contributed by atoms with E-state index in [0.29, 0.717) is 13.0 Å². The molecule has 4 N–H and O–H groups in total. The van der Waals surface area contributed by atoms with Crippen LogP contribution in [0, 0.1) is 0 Å². The van der Waals surface area contributed by atoms with Gasteiger partial charge >= 0.3 is 5.97 Å². The Morgan fingerprint density at radius 1 is 0.542 bits per heavy atom. The van der Waals surface area contributed by atoms with Gasteiger partial charge in [-0.2, -0.15) is 0 Å². The summed E-state index contributed by atoms with van der Waals surface area (Å²) in [7, 11) is 0. The zero-order valence-corrected chi connectivity index (χ0v) is 38.0.